The molecule has 1 amide bonds. The van der Waals surface area contributed by atoms with Crippen molar-refractivity contribution in [3.63, 3.8) is 0 Å². The number of benzene rings is 1. The number of carbonyl (C=O) groups is 2. The molecule has 28 heavy (non-hydrogen) atoms. The second-order valence-electron chi connectivity index (χ2n) is 7.49. The summed E-state index contributed by atoms with van der Waals surface area (Å²) in [6.07, 6.45) is 1.34. The lowest BCUT2D eigenvalue weighted by molar-refractivity contribution is -0.151. The Labute approximate surface area is 164 Å². The number of methoxy groups -OCH3 is 2. The molecule has 1 unspecified atom stereocenters. The second-order valence-corrected chi connectivity index (χ2v) is 7.49. The third-order valence-electron chi connectivity index (χ3n) is 5.71. The number of fused-ring (bicyclic) bond motifs is 1. The molecule has 0 aliphatic carbocycles. The molecular formula is C21H28N2O5. The monoisotopic (exact) mass is 388 g/mol. The third kappa shape index (κ3) is 3.24. The summed E-state index contributed by atoms with van der Waals surface area (Å²) in [5, 5.41) is 10.5. The largest absolute Gasteiger partial charge is 0.497 e. The quantitative estimate of drug-likeness (QED) is 0.789. The standard InChI is InChI=1S/C21H28N2O5/c1-5-9-23-14(2)18(16-11-15(28-4)6-7-17(16)23)19(24)22-10-8-21(12-22,13-27-3)20(25)26/h6-7,11H,5,8-10,12-13H2,1-4H3,(H,25,26). The van der Waals surface area contributed by atoms with E-state index in [0.29, 0.717) is 24.3 Å². The smallest absolute Gasteiger partial charge is 0.313 e. The SMILES string of the molecule is CCCn1c(C)c(C(=O)N2CCC(COC)(C(=O)O)C2)c2cc(OC)ccc21. The van der Waals surface area contributed by atoms with Gasteiger partial charge >= 0.3 is 5.97 Å². The van der Waals surface area contributed by atoms with Crippen LogP contribution in [0.1, 0.15) is 35.8 Å². The van der Waals surface area contributed by atoms with E-state index in [4.69, 9.17) is 9.47 Å². The average molecular weight is 388 g/mol. The Bertz CT molecular complexity index is 904. The second kappa shape index (κ2) is 7.83. The van der Waals surface area contributed by atoms with E-state index in [1.54, 1.807) is 12.0 Å². The van der Waals surface area contributed by atoms with Gasteiger partial charge in [-0.25, -0.2) is 0 Å². The number of hydrogen-bond donors (Lipinski definition) is 1. The van der Waals surface area contributed by atoms with Crippen molar-refractivity contribution in [3.8, 4) is 5.75 Å². The van der Waals surface area contributed by atoms with E-state index in [0.717, 1.165) is 29.6 Å². The number of rotatable bonds is 7. The van der Waals surface area contributed by atoms with Crippen molar-refractivity contribution in [2.45, 2.75) is 33.2 Å². The molecule has 7 heteroatoms. The maximum atomic E-state index is 13.5. The molecule has 0 saturated carbocycles. The van der Waals surface area contributed by atoms with Gasteiger partial charge in [0.05, 0.1) is 19.3 Å². The van der Waals surface area contributed by atoms with Gasteiger partial charge in [0, 0.05) is 43.3 Å². The first kappa shape index (κ1) is 20.2. The number of ether oxygens (including phenoxy) is 2. The summed E-state index contributed by atoms with van der Waals surface area (Å²) in [6, 6.07) is 5.76. The van der Waals surface area contributed by atoms with Crippen LogP contribution in [0.4, 0.5) is 0 Å². The number of amides is 1. The Hall–Kier alpha value is -2.54. The summed E-state index contributed by atoms with van der Waals surface area (Å²) in [4.78, 5) is 26.9. The molecule has 1 aromatic carbocycles. The van der Waals surface area contributed by atoms with Gasteiger partial charge in [0.1, 0.15) is 11.2 Å². The minimum atomic E-state index is -1.04. The Balaban J connectivity index is 2.04. The van der Waals surface area contributed by atoms with Gasteiger partial charge in [-0.05, 0) is 38.0 Å². The molecule has 7 nitrogen and oxygen atoms in total. The molecule has 1 fully saturated rings. The van der Waals surface area contributed by atoms with Crippen LogP contribution in [0.5, 0.6) is 5.75 Å². The Morgan fingerprint density at radius 3 is 2.64 bits per heavy atom. The van der Waals surface area contributed by atoms with Crippen LogP contribution < -0.4 is 4.74 Å². The Morgan fingerprint density at radius 2 is 2.04 bits per heavy atom. The highest BCUT2D eigenvalue weighted by Crippen LogP contribution is 2.35. The lowest BCUT2D eigenvalue weighted by Gasteiger charge is -2.24. The van der Waals surface area contributed by atoms with Crippen LogP contribution in [-0.2, 0) is 16.1 Å². The van der Waals surface area contributed by atoms with Crippen molar-refractivity contribution in [2.24, 2.45) is 5.41 Å². The first-order valence-corrected chi connectivity index (χ1v) is 9.57. The predicted octanol–water partition coefficient (Wildman–Crippen LogP) is 2.93. The maximum Gasteiger partial charge on any atom is 0.313 e. The van der Waals surface area contributed by atoms with E-state index in [9.17, 15) is 14.7 Å². The van der Waals surface area contributed by atoms with E-state index in [2.05, 4.69) is 11.5 Å². The summed E-state index contributed by atoms with van der Waals surface area (Å²) >= 11 is 0. The van der Waals surface area contributed by atoms with Gasteiger partial charge in [-0.2, -0.15) is 0 Å². The van der Waals surface area contributed by atoms with Gasteiger partial charge in [-0.3, -0.25) is 9.59 Å². The normalized spacial score (nSPS) is 19.4. The number of likely N-dealkylation sites (tertiary alicyclic amines) is 1. The van der Waals surface area contributed by atoms with Gasteiger partial charge in [0.25, 0.3) is 5.91 Å². The highest BCUT2D eigenvalue weighted by Gasteiger charge is 2.47. The summed E-state index contributed by atoms with van der Waals surface area (Å²) in [5.41, 5.74) is 1.47. The lowest BCUT2D eigenvalue weighted by atomic mass is 9.88. The fourth-order valence-corrected chi connectivity index (χ4v) is 4.20. The Morgan fingerprint density at radius 1 is 1.29 bits per heavy atom. The molecule has 0 radical (unpaired) electrons. The van der Waals surface area contributed by atoms with Gasteiger partial charge in [-0.1, -0.05) is 6.92 Å². The van der Waals surface area contributed by atoms with Crippen molar-refractivity contribution >= 4 is 22.8 Å². The van der Waals surface area contributed by atoms with E-state index < -0.39 is 11.4 Å². The molecule has 152 valence electrons. The first-order valence-electron chi connectivity index (χ1n) is 9.57. The molecule has 0 bridgehead atoms. The zero-order valence-corrected chi connectivity index (χ0v) is 16.9. The first-order chi connectivity index (χ1) is 13.4. The molecule has 1 aliphatic rings. The van der Waals surface area contributed by atoms with Crippen molar-refractivity contribution in [1.82, 2.24) is 9.47 Å². The molecule has 1 aliphatic heterocycles. The van der Waals surface area contributed by atoms with Crippen LogP contribution in [0, 0.1) is 12.3 Å². The summed E-state index contributed by atoms with van der Waals surface area (Å²) in [7, 11) is 3.09. The maximum absolute atomic E-state index is 13.5. The molecule has 1 N–H and O–H groups in total. The van der Waals surface area contributed by atoms with Crippen molar-refractivity contribution in [3.05, 3.63) is 29.5 Å². The minimum absolute atomic E-state index is 0.0938. The predicted molar refractivity (Wildman–Crippen MR) is 106 cm³/mol. The molecule has 1 atom stereocenters. The van der Waals surface area contributed by atoms with Gasteiger partial charge in [-0.15, -0.1) is 0 Å². The topological polar surface area (TPSA) is 81.0 Å². The summed E-state index contributed by atoms with van der Waals surface area (Å²) in [5.74, 6) is -0.364. The molecule has 2 heterocycles. The zero-order valence-electron chi connectivity index (χ0n) is 16.9. The molecular weight excluding hydrogens is 360 g/mol. The number of hydrogen-bond acceptors (Lipinski definition) is 4. The van der Waals surface area contributed by atoms with Crippen LogP contribution in [-0.4, -0.2) is 60.4 Å². The lowest BCUT2D eigenvalue weighted by Crippen LogP contribution is -2.40. The van der Waals surface area contributed by atoms with E-state index in [1.165, 1.54) is 7.11 Å². The number of nitrogens with zero attached hydrogens (tertiary/aromatic N) is 2. The van der Waals surface area contributed by atoms with Crippen LogP contribution in [0.2, 0.25) is 0 Å². The molecule has 2 aromatic rings. The minimum Gasteiger partial charge on any atom is -0.497 e. The average Bonchev–Trinajstić information content (AvgIpc) is 3.22. The van der Waals surface area contributed by atoms with E-state index in [1.807, 2.05) is 25.1 Å². The van der Waals surface area contributed by atoms with Crippen LogP contribution in [0.25, 0.3) is 10.9 Å². The number of aryl methyl sites for hydroxylation is 1. The fourth-order valence-electron chi connectivity index (χ4n) is 4.20. The number of carboxylic acid groups (broad SMARTS) is 1. The van der Waals surface area contributed by atoms with E-state index >= 15 is 0 Å². The van der Waals surface area contributed by atoms with E-state index in [-0.39, 0.29) is 19.1 Å². The fraction of sp³-hybridized carbons (Fsp3) is 0.524. The number of aromatic nitrogens is 1. The molecule has 0 spiro atoms. The molecule has 1 aromatic heterocycles. The van der Waals surface area contributed by atoms with Gasteiger partial charge in [0.15, 0.2) is 0 Å². The van der Waals surface area contributed by atoms with Crippen molar-refractivity contribution < 1.29 is 24.2 Å². The van der Waals surface area contributed by atoms with Gasteiger partial charge in [0.2, 0.25) is 0 Å². The van der Waals surface area contributed by atoms with Crippen molar-refractivity contribution in [2.75, 3.05) is 33.9 Å². The summed E-state index contributed by atoms with van der Waals surface area (Å²) in [6.45, 7) is 5.51. The van der Waals surface area contributed by atoms with Gasteiger partial charge < -0.3 is 24.0 Å². The highest BCUT2D eigenvalue weighted by molar-refractivity contribution is 6.09. The van der Waals surface area contributed by atoms with Crippen molar-refractivity contribution in [1.29, 1.82) is 0 Å². The Kier molecular flexibility index (Phi) is 5.65. The molecule has 1 saturated heterocycles. The van der Waals surface area contributed by atoms with Crippen LogP contribution >= 0.6 is 0 Å². The third-order valence-corrected chi connectivity index (χ3v) is 5.71. The summed E-state index contributed by atoms with van der Waals surface area (Å²) < 4.78 is 12.7. The number of aliphatic carboxylic acids is 1. The molecule has 3 rings (SSSR count). The highest BCUT2D eigenvalue weighted by atomic mass is 16.5. The zero-order chi connectivity index (χ0) is 20.5. The number of carboxylic acids is 1. The number of carbonyl (C=O) groups excluding carboxylic acids is 1. The van der Waals surface area contributed by atoms with Crippen LogP contribution in [0.15, 0.2) is 18.2 Å². The van der Waals surface area contributed by atoms with Crippen LogP contribution in [0.3, 0.4) is 0 Å².